The molecule has 0 aliphatic carbocycles. The highest BCUT2D eigenvalue weighted by Gasteiger charge is 2.25. The lowest BCUT2D eigenvalue weighted by molar-refractivity contribution is -0.136. The van der Waals surface area contributed by atoms with Gasteiger partial charge in [-0.05, 0) is 67.7 Å². The molecule has 0 radical (unpaired) electrons. The SMILES string of the molecule is CCc1ccc(NC(=O)C(=O)NC[C@@H](c2ccc(N(C)C)cc2)N2CCCC2)cc1. The monoisotopic (exact) mass is 408 g/mol. The Kier molecular flexibility index (Phi) is 7.46. The minimum Gasteiger partial charge on any atom is -0.378 e. The van der Waals surface area contributed by atoms with Gasteiger partial charge in [0.1, 0.15) is 0 Å². The molecule has 0 aromatic heterocycles. The number of carbonyl (C=O) groups is 2. The van der Waals surface area contributed by atoms with Gasteiger partial charge >= 0.3 is 11.8 Å². The first-order chi connectivity index (χ1) is 14.5. The Morgan fingerprint density at radius 2 is 1.60 bits per heavy atom. The average Bonchev–Trinajstić information content (AvgIpc) is 3.29. The largest absolute Gasteiger partial charge is 0.378 e. The van der Waals surface area contributed by atoms with Crippen LogP contribution in [0.15, 0.2) is 48.5 Å². The number of aryl methyl sites for hydroxylation is 1. The molecule has 2 N–H and O–H groups in total. The summed E-state index contributed by atoms with van der Waals surface area (Å²) < 4.78 is 0. The van der Waals surface area contributed by atoms with Gasteiger partial charge in [-0.2, -0.15) is 0 Å². The molecule has 0 unspecified atom stereocenters. The molecule has 3 rings (SSSR count). The van der Waals surface area contributed by atoms with E-state index < -0.39 is 11.8 Å². The molecule has 2 aromatic rings. The Morgan fingerprint density at radius 1 is 0.967 bits per heavy atom. The van der Waals surface area contributed by atoms with E-state index in [1.165, 1.54) is 5.56 Å². The Bertz CT molecular complexity index is 841. The van der Waals surface area contributed by atoms with Gasteiger partial charge in [0, 0.05) is 32.0 Å². The first-order valence-electron chi connectivity index (χ1n) is 10.7. The predicted octanol–water partition coefficient (Wildman–Crippen LogP) is 3.21. The van der Waals surface area contributed by atoms with Crippen molar-refractivity contribution >= 4 is 23.2 Å². The Balaban J connectivity index is 1.62. The fourth-order valence-electron chi connectivity index (χ4n) is 3.79. The van der Waals surface area contributed by atoms with E-state index in [2.05, 4.69) is 51.6 Å². The number of carbonyl (C=O) groups excluding carboxylic acids is 2. The van der Waals surface area contributed by atoms with Crippen LogP contribution in [0.4, 0.5) is 11.4 Å². The number of anilines is 2. The summed E-state index contributed by atoms with van der Waals surface area (Å²) in [4.78, 5) is 29.2. The van der Waals surface area contributed by atoms with Crippen LogP contribution in [0.1, 0.15) is 36.9 Å². The maximum absolute atomic E-state index is 12.4. The number of rotatable bonds is 7. The number of likely N-dealkylation sites (tertiary alicyclic amines) is 1. The summed E-state index contributed by atoms with van der Waals surface area (Å²) >= 11 is 0. The molecule has 1 aliphatic heterocycles. The third kappa shape index (κ3) is 5.60. The summed E-state index contributed by atoms with van der Waals surface area (Å²) in [6, 6.07) is 16.0. The molecule has 1 atom stereocenters. The van der Waals surface area contributed by atoms with E-state index in [1.54, 1.807) is 0 Å². The number of nitrogens with one attached hydrogen (secondary N) is 2. The maximum Gasteiger partial charge on any atom is 0.313 e. The van der Waals surface area contributed by atoms with Crippen LogP contribution < -0.4 is 15.5 Å². The van der Waals surface area contributed by atoms with E-state index in [1.807, 2.05) is 38.4 Å². The predicted molar refractivity (Wildman–Crippen MR) is 122 cm³/mol. The second-order valence-electron chi connectivity index (χ2n) is 7.96. The van der Waals surface area contributed by atoms with Crippen molar-refractivity contribution in [1.29, 1.82) is 0 Å². The van der Waals surface area contributed by atoms with E-state index in [4.69, 9.17) is 0 Å². The molecule has 30 heavy (non-hydrogen) atoms. The smallest absolute Gasteiger partial charge is 0.313 e. The lowest BCUT2D eigenvalue weighted by Crippen LogP contribution is -2.41. The topological polar surface area (TPSA) is 64.7 Å². The van der Waals surface area contributed by atoms with Gasteiger partial charge < -0.3 is 15.5 Å². The fourth-order valence-corrected chi connectivity index (χ4v) is 3.79. The molecular formula is C24H32N4O2. The summed E-state index contributed by atoms with van der Waals surface area (Å²) in [6.07, 6.45) is 3.26. The van der Waals surface area contributed by atoms with E-state index in [9.17, 15) is 9.59 Å². The van der Waals surface area contributed by atoms with E-state index in [0.717, 1.165) is 43.6 Å². The first-order valence-corrected chi connectivity index (χ1v) is 10.7. The molecule has 2 aromatic carbocycles. The third-order valence-corrected chi connectivity index (χ3v) is 5.66. The van der Waals surface area contributed by atoms with Crippen LogP contribution in [0.25, 0.3) is 0 Å². The zero-order chi connectivity index (χ0) is 21.5. The fraction of sp³-hybridized carbons (Fsp3) is 0.417. The summed E-state index contributed by atoms with van der Waals surface area (Å²) in [6.45, 7) is 4.49. The van der Waals surface area contributed by atoms with Crippen molar-refractivity contribution in [3.63, 3.8) is 0 Å². The summed E-state index contributed by atoms with van der Waals surface area (Å²) in [5.74, 6) is -1.24. The second-order valence-corrected chi connectivity index (χ2v) is 7.96. The second kappa shape index (κ2) is 10.3. The minimum atomic E-state index is -0.637. The van der Waals surface area contributed by atoms with Crippen LogP contribution in [0, 0.1) is 0 Å². The summed E-state index contributed by atoms with van der Waals surface area (Å²) in [5.41, 5.74) is 4.10. The van der Waals surface area contributed by atoms with Gasteiger partial charge in [0.25, 0.3) is 0 Å². The minimum absolute atomic E-state index is 0.0595. The van der Waals surface area contributed by atoms with Crippen LogP contribution in [-0.2, 0) is 16.0 Å². The molecule has 1 saturated heterocycles. The summed E-state index contributed by atoms with van der Waals surface area (Å²) in [5, 5.41) is 5.51. The zero-order valence-corrected chi connectivity index (χ0v) is 18.1. The van der Waals surface area contributed by atoms with Gasteiger partial charge in [0.05, 0.1) is 6.04 Å². The van der Waals surface area contributed by atoms with Crippen LogP contribution in [0.5, 0.6) is 0 Å². The lowest BCUT2D eigenvalue weighted by atomic mass is 10.0. The number of nitrogens with zero attached hydrogens (tertiary/aromatic N) is 2. The lowest BCUT2D eigenvalue weighted by Gasteiger charge is -2.28. The van der Waals surface area contributed by atoms with E-state index in [0.29, 0.717) is 12.2 Å². The molecule has 0 saturated carbocycles. The molecule has 6 nitrogen and oxygen atoms in total. The van der Waals surface area contributed by atoms with Gasteiger partial charge in [-0.15, -0.1) is 0 Å². The van der Waals surface area contributed by atoms with Gasteiger partial charge in [-0.3, -0.25) is 14.5 Å². The van der Waals surface area contributed by atoms with Gasteiger partial charge in [-0.1, -0.05) is 31.2 Å². The van der Waals surface area contributed by atoms with Gasteiger partial charge in [0.2, 0.25) is 0 Å². The number of hydrogen-bond acceptors (Lipinski definition) is 4. The van der Waals surface area contributed by atoms with Crippen LogP contribution >= 0.6 is 0 Å². The molecule has 6 heteroatoms. The van der Waals surface area contributed by atoms with Crippen molar-refractivity contribution in [1.82, 2.24) is 10.2 Å². The third-order valence-electron chi connectivity index (χ3n) is 5.66. The normalized spacial score (nSPS) is 14.9. The van der Waals surface area contributed by atoms with Crippen molar-refractivity contribution in [2.24, 2.45) is 0 Å². The molecule has 160 valence electrons. The standard InChI is InChI=1S/C24H32N4O2/c1-4-18-7-11-20(12-8-18)26-24(30)23(29)25-17-22(28-15-5-6-16-28)19-9-13-21(14-10-19)27(2)3/h7-14,22H,4-6,15-17H2,1-3H3,(H,25,29)(H,26,30)/t22-/m0/s1. The molecule has 1 aliphatic rings. The Hall–Kier alpha value is -2.86. The van der Waals surface area contributed by atoms with Crippen molar-refractivity contribution in [2.45, 2.75) is 32.2 Å². The molecule has 1 heterocycles. The first kappa shape index (κ1) is 21.8. The van der Waals surface area contributed by atoms with Gasteiger partial charge in [0.15, 0.2) is 0 Å². The zero-order valence-electron chi connectivity index (χ0n) is 18.1. The van der Waals surface area contributed by atoms with E-state index >= 15 is 0 Å². The summed E-state index contributed by atoms with van der Waals surface area (Å²) in [7, 11) is 4.03. The number of hydrogen-bond donors (Lipinski definition) is 2. The van der Waals surface area contributed by atoms with E-state index in [-0.39, 0.29) is 6.04 Å². The molecular weight excluding hydrogens is 376 g/mol. The highest BCUT2D eigenvalue weighted by molar-refractivity contribution is 6.39. The number of amides is 2. The maximum atomic E-state index is 12.4. The average molecular weight is 409 g/mol. The highest BCUT2D eigenvalue weighted by atomic mass is 16.2. The van der Waals surface area contributed by atoms with Crippen LogP contribution in [-0.4, -0.2) is 50.4 Å². The van der Waals surface area contributed by atoms with Crippen molar-refractivity contribution in [3.8, 4) is 0 Å². The number of benzene rings is 2. The quantitative estimate of drug-likeness (QED) is 0.691. The molecule has 0 spiro atoms. The molecule has 1 fully saturated rings. The van der Waals surface area contributed by atoms with Crippen molar-refractivity contribution in [3.05, 3.63) is 59.7 Å². The highest BCUT2D eigenvalue weighted by Crippen LogP contribution is 2.26. The van der Waals surface area contributed by atoms with Crippen LogP contribution in [0.2, 0.25) is 0 Å². The van der Waals surface area contributed by atoms with Gasteiger partial charge in [-0.25, -0.2) is 0 Å². The Morgan fingerprint density at radius 3 is 2.17 bits per heavy atom. The molecule has 2 amide bonds. The van der Waals surface area contributed by atoms with Crippen LogP contribution in [0.3, 0.4) is 0 Å². The molecule has 0 bridgehead atoms. The Labute approximate surface area is 179 Å². The van der Waals surface area contributed by atoms with Crippen molar-refractivity contribution < 1.29 is 9.59 Å². The van der Waals surface area contributed by atoms with Crippen molar-refractivity contribution in [2.75, 3.05) is 43.9 Å².